The predicted octanol–water partition coefficient (Wildman–Crippen LogP) is 2.94. The van der Waals surface area contributed by atoms with E-state index in [0.29, 0.717) is 18.2 Å². The van der Waals surface area contributed by atoms with Gasteiger partial charge in [0.25, 0.3) is 0 Å². The molecule has 1 fully saturated rings. The van der Waals surface area contributed by atoms with Crippen LogP contribution in [0.5, 0.6) is 5.75 Å². The minimum absolute atomic E-state index is 0.156. The number of ether oxygens (including phenoxy) is 2. The van der Waals surface area contributed by atoms with E-state index in [1.165, 1.54) is 0 Å². The zero-order valence-electron chi connectivity index (χ0n) is 12.5. The van der Waals surface area contributed by atoms with Gasteiger partial charge in [0, 0.05) is 29.9 Å². The van der Waals surface area contributed by atoms with Gasteiger partial charge in [-0.2, -0.15) is 4.98 Å². The van der Waals surface area contributed by atoms with Crippen LogP contribution in [-0.2, 0) is 4.74 Å². The summed E-state index contributed by atoms with van der Waals surface area (Å²) in [5.41, 5.74) is 1.57. The Kier molecular flexibility index (Phi) is 3.73. The molecule has 0 aliphatic carbocycles. The summed E-state index contributed by atoms with van der Waals surface area (Å²) in [6.07, 6.45) is 4.58. The maximum atomic E-state index is 5.84. The van der Waals surface area contributed by atoms with Crippen LogP contribution in [0.15, 0.2) is 48.8 Å². The van der Waals surface area contributed by atoms with Crippen LogP contribution in [0.1, 0.15) is 6.42 Å². The van der Waals surface area contributed by atoms with Crippen molar-refractivity contribution in [1.82, 2.24) is 15.0 Å². The summed E-state index contributed by atoms with van der Waals surface area (Å²) < 4.78 is 11.2. The molecule has 0 spiro atoms. The lowest BCUT2D eigenvalue weighted by Gasteiger charge is -2.12. The summed E-state index contributed by atoms with van der Waals surface area (Å²) in [6.45, 7) is 1.44. The van der Waals surface area contributed by atoms with E-state index in [-0.39, 0.29) is 6.10 Å². The molecule has 1 aliphatic rings. The summed E-state index contributed by atoms with van der Waals surface area (Å²) in [7, 11) is 0. The van der Waals surface area contributed by atoms with Crippen LogP contribution in [0.2, 0.25) is 0 Å². The van der Waals surface area contributed by atoms with Crippen molar-refractivity contribution >= 4 is 22.7 Å². The number of benzene rings is 1. The van der Waals surface area contributed by atoms with E-state index in [0.717, 1.165) is 29.9 Å². The van der Waals surface area contributed by atoms with Gasteiger partial charge in [-0.1, -0.05) is 0 Å². The molecule has 1 unspecified atom stereocenters. The quantitative estimate of drug-likeness (QED) is 0.799. The highest BCUT2D eigenvalue weighted by Gasteiger charge is 2.16. The summed E-state index contributed by atoms with van der Waals surface area (Å²) in [5, 5.41) is 4.09. The zero-order valence-corrected chi connectivity index (χ0v) is 12.5. The molecule has 1 atom stereocenters. The van der Waals surface area contributed by atoms with Gasteiger partial charge in [-0.05, 0) is 36.4 Å². The minimum atomic E-state index is 0.156. The van der Waals surface area contributed by atoms with E-state index in [4.69, 9.17) is 9.47 Å². The molecule has 6 nitrogen and oxygen atoms in total. The lowest BCUT2D eigenvalue weighted by atomic mass is 10.3. The van der Waals surface area contributed by atoms with Gasteiger partial charge in [-0.15, -0.1) is 0 Å². The monoisotopic (exact) mass is 308 g/mol. The van der Waals surface area contributed by atoms with Gasteiger partial charge in [-0.25, -0.2) is 9.97 Å². The molecule has 1 N–H and O–H groups in total. The third kappa shape index (κ3) is 3.22. The van der Waals surface area contributed by atoms with Crippen molar-refractivity contribution in [1.29, 1.82) is 0 Å². The third-order valence-electron chi connectivity index (χ3n) is 3.66. The van der Waals surface area contributed by atoms with Crippen LogP contribution < -0.4 is 10.1 Å². The molecular formula is C17H16N4O2. The van der Waals surface area contributed by atoms with Crippen LogP contribution in [0, 0.1) is 0 Å². The van der Waals surface area contributed by atoms with Crippen LogP contribution in [-0.4, -0.2) is 34.3 Å². The molecule has 0 amide bonds. The van der Waals surface area contributed by atoms with E-state index in [1.54, 1.807) is 12.4 Å². The Bertz CT molecular complexity index is 801. The largest absolute Gasteiger partial charge is 0.488 e. The van der Waals surface area contributed by atoms with Crippen molar-refractivity contribution in [2.75, 3.05) is 18.5 Å². The summed E-state index contributed by atoms with van der Waals surface area (Å²) in [5.74, 6) is 1.36. The molecule has 0 radical (unpaired) electrons. The number of hydrogen-bond donors (Lipinski definition) is 1. The average molecular weight is 308 g/mol. The maximum Gasteiger partial charge on any atom is 0.229 e. The molecule has 6 heteroatoms. The zero-order chi connectivity index (χ0) is 15.5. The predicted molar refractivity (Wildman–Crippen MR) is 86.9 cm³/mol. The highest BCUT2D eigenvalue weighted by molar-refractivity contribution is 5.74. The van der Waals surface area contributed by atoms with Crippen LogP contribution in [0.25, 0.3) is 11.0 Å². The molecule has 1 aromatic carbocycles. The first kappa shape index (κ1) is 13.9. The van der Waals surface area contributed by atoms with E-state index in [1.807, 2.05) is 36.4 Å². The van der Waals surface area contributed by atoms with Gasteiger partial charge in [0.2, 0.25) is 5.95 Å². The van der Waals surface area contributed by atoms with Gasteiger partial charge in [0.15, 0.2) is 5.65 Å². The topological polar surface area (TPSA) is 69.2 Å². The summed E-state index contributed by atoms with van der Waals surface area (Å²) in [4.78, 5) is 12.9. The minimum Gasteiger partial charge on any atom is -0.488 e. The standard InChI is InChI=1S/C17H16N4O2/c1-2-12-10-19-17(21-16(12)18-8-1)20-13-3-5-14(6-4-13)23-15-7-9-22-11-15/h1-6,8,10,15H,7,9,11H2,(H,18,19,20,21). The van der Waals surface area contributed by atoms with Crippen molar-refractivity contribution in [3.63, 3.8) is 0 Å². The second-order valence-corrected chi connectivity index (χ2v) is 5.36. The van der Waals surface area contributed by atoms with Crippen molar-refractivity contribution in [3.8, 4) is 5.75 Å². The SMILES string of the molecule is c1cnc2nc(Nc3ccc(OC4CCOC4)cc3)ncc2c1. The first-order chi connectivity index (χ1) is 11.4. The van der Waals surface area contributed by atoms with Crippen LogP contribution >= 0.6 is 0 Å². The number of hydrogen-bond acceptors (Lipinski definition) is 6. The molecule has 1 aliphatic heterocycles. The van der Waals surface area contributed by atoms with Gasteiger partial charge in [0.05, 0.1) is 13.2 Å². The first-order valence-electron chi connectivity index (χ1n) is 7.56. The number of rotatable bonds is 4. The van der Waals surface area contributed by atoms with E-state index < -0.39 is 0 Å². The van der Waals surface area contributed by atoms with E-state index in [2.05, 4.69) is 20.3 Å². The molecule has 1 saturated heterocycles. The number of nitrogens with one attached hydrogen (secondary N) is 1. The molecule has 116 valence electrons. The van der Waals surface area contributed by atoms with Gasteiger partial charge in [0.1, 0.15) is 11.9 Å². The summed E-state index contributed by atoms with van der Waals surface area (Å²) in [6, 6.07) is 11.5. The number of anilines is 2. The second-order valence-electron chi connectivity index (χ2n) is 5.36. The van der Waals surface area contributed by atoms with Crippen molar-refractivity contribution < 1.29 is 9.47 Å². The van der Waals surface area contributed by atoms with Crippen molar-refractivity contribution in [2.24, 2.45) is 0 Å². The first-order valence-corrected chi connectivity index (χ1v) is 7.56. The summed E-state index contributed by atoms with van der Waals surface area (Å²) >= 11 is 0. The number of nitrogens with zero attached hydrogens (tertiary/aromatic N) is 3. The Balaban J connectivity index is 1.46. The molecule has 3 aromatic rings. The van der Waals surface area contributed by atoms with Crippen LogP contribution in [0.3, 0.4) is 0 Å². The Hall–Kier alpha value is -2.73. The van der Waals surface area contributed by atoms with Crippen molar-refractivity contribution in [3.05, 3.63) is 48.8 Å². The second kappa shape index (κ2) is 6.18. The molecular weight excluding hydrogens is 292 g/mol. The molecule has 3 heterocycles. The Morgan fingerprint density at radius 1 is 1.13 bits per heavy atom. The number of pyridine rings is 1. The number of fused-ring (bicyclic) bond motifs is 1. The Morgan fingerprint density at radius 3 is 2.87 bits per heavy atom. The normalized spacial score (nSPS) is 17.3. The fourth-order valence-electron chi connectivity index (χ4n) is 2.47. The fourth-order valence-corrected chi connectivity index (χ4v) is 2.47. The lowest BCUT2D eigenvalue weighted by Crippen LogP contribution is -2.15. The Morgan fingerprint density at radius 2 is 2.04 bits per heavy atom. The highest BCUT2D eigenvalue weighted by Crippen LogP contribution is 2.21. The van der Waals surface area contributed by atoms with E-state index in [9.17, 15) is 0 Å². The molecule has 4 rings (SSSR count). The van der Waals surface area contributed by atoms with E-state index >= 15 is 0 Å². The van der Waals surface area contributed by atoms with Gasteiger partial charge >= 0.3 is 0 Å². The highest BCUT2D eigenvalue weighted by atomic mass is 16.5. The molecule has 0 saturated carbocycles. The molecule has 2 aromatic heterocycles. The Labute approximate surface area is 133 Å². The average Bonchev–Trinajstić information content (AvgIpc) is 3.10. The molecule has 0 bridgehead atoms. The van der Waals surface area contributed by atoms with Gasteiger partial charge in [-0.3, -0.25) is 0 Å². The number of aromatic nitrogens is 3. The molecule has 23 heavy (non-hydrogen) atoms. The fraction of sp³-hybridized carbons (Fsp3) is 0.235. The van der Waals surface area contributed by atoms with Gasteiger partial charge < -0.3 is 14.8 Å². The third-order valence-corrected chi connectivity index (χ3v) is 3.66. The lowest BCUT2D eigenvalue weighted by molar-refractivity contribution is 0.141. The van der Waals surface area contributed by atoms with Crippen molar-refractivity contribution in [2.45, 2.75) is 12.5 Å². The van der Waals surface area contributed by atoms with Crippen LogP contribution in [0.4, 0.5) is 11.6 Å². The smallest absolute Gasteiger partial charge is 0.229 e. The maximum absolute atomic E-state index is 5.84.